The Bertz CT molecular complexity index is 2190. The van der Waals surface area contributed by atoms with E-state index in [-0.39, 0.29) is 0 Å². The number of aryl methyl sites for hydroxylation is 4. The van der Waals surface area contributed by atoms with Gasteiger partial charge in [-0.2, -0.15) is 0 Å². The van der Waals surface area contributed by atoms with E-state index in [0.29, 0.717) is 0 Å². The second-order valence-electron chi connectivity index (χ2n) is 14.1. The van der Waals surface area contributed by atoms with Gasteiger partial charge in [0.25, 0.3) is 0 Å². The molecule has 0 unspecified atom stereocenters. The molecule has 0 radical (unpaired) electrons. The fourth-order valence-corrected chi connectivity index (χ4v) is 6.67. The van der Waals surface area contributed by atoms with Crippen molar-refractivity contribution in [2.45, 2.75) is 27.7 Å². The molecule has 0 saturated carbocycles. The van der Waals surface area contributed by atoms with Gasteiger partial charge in [0.2, 0.25) is 0 Å². The van der Waals surface area contributed by atoms with Crippen molar-refractivity contribution in [2.75, 3.05) is 0 Å². The highest BCUT2D eigenvalue weighted by Crippen LogP contribution is 2.31. The molecule has 0 nitrogen and oxygen atoms in total. The number of benzene rings is 7. The van der Waals surface area contributed by atoms with Gasteiger partial charge in [0.1, 0.15) is 0 Å². The predicted octanol–water partition coefficient (Wildman–Crippen LogP) is 14.4. The Hall–Kier alpha value is -6.50. The maximum Gasteiger partial charge on any atom is -0.0105 e. The third-order valence-electron chi connectivity index (χ3n) is 9.92. The highest BCUT2D eigenvalue weighted by atomic mass is 14.1. The predicted molar refractivity (Wildman–Crippen MR) is 236 cm³/mol. The maximum absolute atomic E-state index is 2.33. The van der Waals surface area contributed by atoms with E-state index in [1.807, 2.05) is 0 Å². The zero-order chi connectivity index (χ0) is 37.3. The first-order valence-electron chi connectivity index (χ1n) is 18.7. The molecule has 0 atom stereocenters. The molecule has 0 aliphatic heterocycles. The van der Waals surface area contributed by atoms with Gasteiger partial charge in [-0.3, -0.25) is 0 Å². The van der Waals surface area contributed by atoms with E-state index in [1.165, 1.54) is 77.9 Å². The molecule has 0 fully saturated rings. The lowest BCUT2D eigenvalue weighted by atomic mass is 9.93. The van der Waals surface area contributed by atoms with Crippen molar-refractivity contribution < 1.29 is 0 Å². The highest BCUT2D eigenvalue weighted by molar-refractivity contribution is 5.95. The van der Waals surface area contributed by atoms with Crippen molar-refractivity contribution in [2.24, 2.45) is 0 Å². The van der Waals surface area contributed by atoms with Crippen molar-refractivity contribution in [3.05, 3.63) is 248 Å². The van der Waals surface area contributed by atoms with Crippen LogP contribution in [0.4, 0.5) is 0 Å². The normalized spacial score (nSPS) is 11.2. The van der Waals surface area contributed by atoms with Gasteiger partial charge in [0.05, 0.1) is 0 Å². The third-order valence-corrected chi connectivity index (χ3v) is 9.92. The quantitative estimate of drug-likeness (QED) is 0.125. The van der Waals surface area contributed by atoms with E-state index >= 15 is 0 Å². The minimum atomic E-state index is 1.16. The molecule has 262 valence electrons. The molecule has 7 rings (SSSR count). The molecule has 0 heteroatoms. The lowest BCUT2D eigenvalue weighted by molar-refractivity contribution is 1.43. The lowest BCUT2D eigenvalue weighted by Gasteiger charge is -2.12. The van der Waals surface area contributed by atoms with Crippen LogP contribution in [0.2, 0.25) is 0 Å². The highest BCUT2D eigenvalue weighted by Gasteiger charge is 2.09. The second kappa shape index (κ2) is 16.9. The van der Waals surface area contributed by atoms with Crippen molar-refractivity contribution in [3.8, 4) is 0 Å². The minimum absolute atomic E-state index is 1.16. The monoisotopic (exact) mass is 694 g/mol. The van der Waals surface area contributed by atoms with E-state index in [4.69, 9.17) is 0 Å². The van der Waals surface area contributed by atoms with Crippen molar-refractivity contribution >= 4 is 47.6 Å². The SMILES string of the molecule is Cc1ccc(C(=Cc2ccccc2C=Cc2ccccc2C=Cc2ccccc2C=C(c2ccc(C)cc2)c2ccc(C)cc2)c2ccc(C)cc2)cc1. The van der Waals surface area contributed by atoms with E-state index in [0.717, 1.165) is 11.1 Å². The standard InChI is InChI=1S/C54H46/c1-39-17-25-47(26-18-39)53(48-27-19-40(2)20-28-48)37-51-15-9-7-13-45(51)35-33-43-11-5-6-12-44(43)34-36-46-14-8-10-16-52(46)38-54(49-29-21-41(3)22-30-49)50-31-23-42(4)24-32-50/h5-38H,1-4H3. The summed E-state index contributed by atoms with van der Waals surface area (Å²) in [6.07, 6.45) is 13.6. The molecule has 0 aromatic heterocycles. The largest absolute Gasteiger partial charge is 0.0616 e. The van der Waals surface area contributed by atoms with Gasteiger partial charge in [-0.25, -0.2) is 0 Å². The summed E-state index contributed by atoms with van der Waals surface area (Å²) in [5.41, 5.74) is 19.3. The van der Waals surface area contributed by atoms with Crippen molar-refractivity contribution in [3.63, 3.8) is 0 Å². The van der Waals surface area contributed by atoms with Gasteiger partial charge in [-0.05, 0) is 107 Å². The van der Waals surface area contributed by atoms with Crippen LogP contribution in [0.3, 0.4) is 0 Å². The summed E-state index contributed by atoms with van der Waals surface area (Å²) in [6.45, 7) is 8.54. The van der Waals surface area contributed by atoms with Crippen LogP contribution < -0.4 is 0 Å². The average molecular weight is 695 g/mol. The molecular weight excluding hydrogens is 649 g/mol. The zero-order valence-corrected chi connectivity index (χ0v) is 31.6. The van der Waals surface area contributed by atoms with Gasteiger partial charge >= 0.3 is 0 Å². The Morgan fingerprint density at radius 2 is 0.463 bits per heavy atom. The number of rotatable bonds is 10. The fraction of sp³-hybridized carbons (Fsp3) is 0.0741. The van der Waals surface area contributed by atoms with Crippen molar-refractivity contribution in [1.82, 2.24) is 0 Å². The molecule has 0 amide bonds. The maximum atomic E-state index is 2.33. The van der Waals surface area contributed by atoms with Crippen LogP contribution in [0.1, 0.15) is 77.9 Å². The molecule has 54 heavy (non-hydrogen) atoms. The summed E-state index contributed by atoms with van der Waals surface area (Å²) < 4.78 is 0. The smallest absolute Gasteiger partial charge is 0.0105 e. The second-order valence-corrected chi connectivity index (χ2v) is 14.1. The summed E-state index contributed by atoms with van der Waals surface area (Å²) in [5.74, 6) is 0. The van der Waals surface area contributed by atoms with Crippen LogP contribution in [0.5, 0.6) is 0 Å². The Morgan fingerprint density at radius 1 is 0.259 bits per heavy atom. The first-order chi connectivity index (χ1) is 26.4. The third kappa shape index (κ3) is 8.92. The fourth-order valence-electron chi connectivity index (χ4n) is 6.67. The van der Waals surface area contributed by atoms with E-state index in [9.17, 15) is 0 Å². The topological polar surface area (TPSA) is 0 Å². The van der Waals surface area contributed by atoms with Gasteiger partial charge in [-0.1, -0.05) is 216 Å². The summed E-state index contributed by atoms with van der Waals surface area (Å²) in [5, 5.41) is 0. The summed E-state index contributed by atoms with van der Waals surface area (Å²) in [4.78, 5) is 0. The molecule has 7 aromatic carbocycles. The molecule has 0 bridgehead atoms. The van der Waals surface area contributed by atoms with Gasteiger partial charge in [0, 0.05) is 0 Å². The van der Waals surface area contributed by atoms with Gasteiger partial charge < -0.3 is 0 Å². The molecule has 0 saturated heterocycles. The van der Waals surface area contributed by atoms with E-state index < -0.39 is 0 Å². The van der Waals surface area contributed by atoms with E-state index in [2.05, 4.69) is 234 Å². The first kappa shape index (κ1) is 35.9. The number of hydrogen-bond acceptors (Lipinski definition) is 0. The average Bonchev–Trinajstić information content (AvgIpc) is 3.20. The first-order valence-corrected chi connectivity index (χ1v) is 18.7. The van der Waals surface area contributed by atoms with Gasteiger partial charge in [0.15, 0.2) is 0 Å². The molecule has 0 spiro atoms. The Labute approximate surface area is 321 Å². The van der Waals surface area contributed by atoms with Crippen LogP contribution in [0.25, 0.3) is 47.6 Å². The molecule has 0 aliphatic carbocycles. The summed E-state index contributed by atoms with van der Waals surface area (Å²) in [7, 11) is 0. The Morgan fingerprint density at radius 3 is 0.704 bits per heavy atom. The van der Waals surface area contributed by atoms with E-state index in [1.54, 1.807) is 0 Å². The summed E-state index contributed by atoms with van der Waals surface area (Å²) in [6, 6.07) is 61.2. The summed E-state index contributed by atoms with van der Waals surface area (Å²) >= 11 is 0. The molecule has 7 aromatic rings. The molecular formula is C54H46. The Kier molecular flexibility index (Phi) is 11.2. The minimum Gasteiger partial charge on any atom is -0.0616 e. The van der Waals surface area contributed by atoms with Crippen LogP contribution in [0.15, 0.2) is 170 Å². The molecule has 0 aliphatic rings. The lowest BCUT2D eigenvalue weighted by Crippen LogP contribution is -1.91. The van der Waals surface area contributed by atoms with Gasteiger partial charge in [-0.15, -0.1) is 0 Å². The van der Waals surface area contributed by atoms with Crippen molar-refractivity contribution in [1.29, 1.82) is 0 Å². The molecule has 0 N–H and O–H groups in total. The van der Waals surface area contributed by atoms with Crippen LogP contribution in [0, 0.1) is 27.7 Å². The van der Waals surface area contributed by atoms with Crippen LogP contribution >= 0.6 is 0 Å². The molecule has 0 heterocycles. The van der Waals surface area contributed by atoms with Crippen LogP contribution in [-0.4, -0.2) is 0 Å². The van der Waals surface area contributed by atoms with Crippen LogP contribution in [-0.2, 0) is 0 Å². The zero-order valence-electron chi connectivity index (χ0n) is 31.6. The number of hydrogen-bond donors (Lipinski definition) is 0. The Balaban J connectivity index is 1.22.